The van der Waals surface area contributed by atoms with Crippen LogP contribution in [0.4, 0.5) is 0 Å². The number of fused-ring (bicyclic) bond motifs is 1. The number of amides is 1. The summed E-state index contributed by atoms with van der Waals surface area (Å²) in [5, 5.41) is 4.79. The Morgan fingerprint density at radius 3 is 2.88 bits per heavy atom. The van der Waals surface area contributed by atoms with Crippen LogP contribution in [0.2, 0.25) is 0 Å². The van der Waals surface area contributed by atoms with Gasteiger partial charge in [-0.05, 0) is 49.9 Å². The van der Waals surface area contributed by atoms with E-state index in [-0.39, 0.29) is 12.0 Å². The first kappa shape index (κ1) is 17.4. The van der Waals surface area contributed by atoms with Crippen LogP contribution in [0.15, 0.2) is 24.3 Å². The van der Waals surface area contributed by atoms with Crippen molar-refractivity contribution in [2.24, 2.45) is 0 Å². The number of carbonyl (C=O) groups is 1. The van der Waals surface area contributed by atoms with Gasteiger partial charge in [0.05, 0.1) is 7.11 Å². The van der Waals surface area contributed by atoms with Crippen molar-refractivity contribution >= 4 is 16.8 Å². The van der Waals surface area contributed by atoms with E-state index >= 15 is 0 Å². The highest BCUT2D eigenvalue weighted by atomic mass is 16.5. The zero-order chi connectivity index (χ0) is 17.9. The van der Waals surface area contributed by atoms with Crippen molar-refractivity contribution in [1.29, 1.82) is 0 Å². The van der Waals surface area contributed by atoms with Gasteiger partial charge in [0, 0.05) is 48.9 Å². The van der Waals surface area contributed by atoms with Gasteiger partial charge >= 0.3 is 0 Å². The van der Waals surface area contributed by atoms with Crippen LogP contribution in [0.1, 0.15) is 31.4 Å². The molecule has 6 nitrogen and oxygen atoms in total. The Balaban J connectivity index is 1.27. The molecular weight excluding hydrogens is 330 g/mol. The summed E-state index contributed by atoms with van der Waals surface area (Å²) in [5.41, 5.74) is 2.30. The number of rotatable bonds is 5. The van der Waals surface area contributed by atoms with Crippen LogP contribution in [-0.2, 0) is 16.1 Å². The zero-order valence-corrected chi connectivity index (χ0v) is 15.3. The maximum absolute atomic E-state index is 12.4. The van der Waals surface area contributed by atoms with E-state index in [4.69, 9.17) is 9.47 Å². The topological polar surface area (TPSA) is 66.6 Å². The highest BCUT2D eigenvalue weighted by Crippen LogP contribution is 2.22. The second-order valence-corrected chi connectivity index (χ2v) is 7.23. The number of likely N-dealkylation sites (tertiary alicyclic amines) is 1. The second kappa shape index (κ2) is 7.68. The number of piperidine rings is 1. The molecule has 0 aliphatic carbocycles. The summed E-state index contributed by atoms with van der Waals surface area (Å²) in [4.78, 5) is 17.8. The summed E-state index contributed by atoms with van der Waals surface area (Å²) in [7, 11) is 1.69. The predicted octanol–water partition coefficient (Wildman–Crippen LogP) is 2.44. The number of methoxy groups -OCH3 is 1. The third kappa shape index (κ3) is 3.71. The van der Waals surface area contributed by atoms with Crippen molar-refractivity contribution < 1.29 is 14.3 Å². The molecule has 0 saturated carbocycles. The van der Waals surface area contributed by atoms with Crippen molar-refractivity contribution in [3.8, 4) is 5.75 Å². The molecule has 2 aliphatic rings. The molecule has 2 N–H and O–H groups in total. The Labute approximate surface area is 153 Å². The molecule has 2 aliphatic heterocycles. The molecule has 0 spiro atoms. The van der Waals surface area contributed by atoms with Gasteiger partial charge < -0.3 is 24.7 Å². The molecule has 2 aromatic rings. The van der Waals surface area contributed by atoms with Gasteiger partial charge in [0.2, 0.25) is 0 Å². The third-order valence-electron chi connectivity index (χ3n) is 5.48. The number of nitrogens with one attached hydrogen (secondary N) is 2. The number of ether oxygens (including phenoxy) is 2. The van der Waals surface area contributed by atoms with Gasteiger partial charge in [0.1, 0.15) is 11.9 Å². The van der Waals surface area contributed by atoms with Crippen molar-refractivity contribution in [3.63, 3.8) is 0 Å². The van der Waals surface area contributed by atoms with Crippen LogP contribution in [0.25, 0.3) is 10.9 Å². The fourth-order valence-corrected chi connectivity index (χ4v) is 3.93. The van der Waals surface area contributed by atoms with Gasteiger partial charge in [-0.2, -0.15) is 0 Å². The summed E-state index contributed by atoms with van der Waals surface area (Å²) < 4.78 is 10.8. The minimum absolute atomic E-state index is 0.186. The summed E-state index contributed by atoms with van der Waals surface area (Å²) in [6.07, 6.45) is 3.68. The number of hydrogen-bond acceptors (Lipinski definition) is 4. The van der Waals surface area contributed by atoms with Gasteiger partial charge in [-0.1, -0.05) is 0 Å². The molecule has 4 rings (SSSR count). The van der Waals surface area contributed by atoms with E-state index in [2.05, 4.69) is 16.4 Å². The molecule has 1 aromatic carbocycles. The van der Waals surface area contributed by atoms with Crippen LogP contribution in [0.3, 0.4) is 0 Å². The van der Waals surface area contributed by atoms with Crippen LogP contribution in [0.5, 0.6) is 5.75 Å². The first-order valence-electron chi connectivity index (χ1n) is 9.52. The number of aromatic amines is 1. The van der Waals surface area contributed by atoms with Gasteiger partial charge in [-0.25, -0.2) is 0 Å². The molecule has 2 fully saturated rings. The summed E-state index contributed by atoms with van der Waals surface area (Å²) in [6, 6.07) is 8.68. The lowest BCUT2D eigenvalue weighted by Crippen LogP contribution is -2.47. The van der Waals surface area contributed by atoms with E-state index in [0.717, 1.165) is 68.6 Å². The molecule has 3 heterocycles. The van der Waals surface area contributed by atoms with Gasteiger partial charge in [-0.3, -0.25) is 4.79 Å². The summed E-state index contributed by atoms with van der Waals surface area (Å²) in [6.45, 7) is 3.17. The molecule has 1 atom stereocenters. The average Bonchev–Trinajstić information content (AvgIpc) is 3.35. The number of nitrogens with zero attached hydrogens (tertiary/aromatic N) is 1. The van der Waals surface area contributed by atoms with Gasteiger partial charge in [0.15, 0.2) is 0 Å². The first-order chi connectivity index (χ1) is 12.7. The molecule has 1 aromatic heterocycles. The molecule has 1 amide bonds. The lowest BCUT2D eigenvalue weighted by Gasteiger charge is -2.33. The van der Waals surface area contributed by atoms with Crippen molar-refractivity contribution in [3.05, 3.63) is 30.0 Å². The third-order valence-corrected chi connectivity index (χ3v) is 5.48. The molecule has 2 saturated heterocycles. The molecule has 0 bridgehead atoms. The first-order valence-corrected chi connectivity index (χ1v) is 9.52. The molecule has 0 radical (unpaired) electrons. The quantitative estimate of drug-likeness (QED) is 0.863. The van der Waals surface area contributed by atoms with E-state index in [9.17, 15) is 4.79 Å². The zero-order valence-electron chi connectivity index (χ0n) is 15.3. The van der Waals surface area contributed by atoms with E-state index in [1.165, 1.54) is 5.69 Å². The Hall–Kier alpha value is -2.05. The van der Waals surface area contributed by atoms with Gasteiger partial charge in [-0.15, -0.1) is 0 Å². The van der Waals surface area contributed by atoms with Crippen LogP contribution >= 0.6 is 0 Å². The fourth-order valence-electron chi connectivity index (χ4n) is 3.93. The lowest BCUT2D eigenvalue weighted by atomic mass is 10.0. The number of H-pyrrole nitrogens is 1. The maximum Gasteiger partial charge on any atom is 0.251 e. The van der Waals surface area contributed by atoms with E-state index < -0.39 is 0 Å². The predicted molar refractivity (Wildman–Crippen MR) is 100 cm³/mol. The number of benzene rings is 1. The minimum atomic E-state index is -0.192. The number of aromatic nitrogens is 1. The number of carbonyl (C=O) groups excluding carboxylic acids is 1. The standard InChI is InChI=1S/C20H27N3O3/c1-25-17-4-5-18-14(12-17)11-16(22-18)13-21-15-6-8-23(9-7-15)20(24)19-3-2-10-26-19/h4-5,11-12,15,19,21-22H,2-3,6-10,13H2,1H3. The molecular formula is C20H27N3O3. The van der Waals surface area contributed by atoms with Gasteiger partial charge in [0.25, 0.3) is 5.91 Å². The van der Waals surface area contributed by atoms with Crippen molar-refractivity contribution in [1.82, 2.24) is 15.2 Å². The second-order valence-electron chi connectivity index (χ2n) is 7.23. The molecule has 140 valence electrons. The maximum atomic E-state index is 12.4. The molecule has 26 heavy (non-hydrogen) atoms. The Morgan fingerprint density at radius 1 is 1.31 bits per heavy atom. The number of hydrogen-bond donors (Lipinski definition) is 2. The van der Waals surface area contributed by atoms with Crippen LogP contribution in [-0.4, -0.2) is 54.7 Å². The highest BCUT2D eigenvalue weighted by Gasteiger charge is 2.30. The smallest absolute Gasteiger partial charge is 0.251 e. The Kier molecular flexibility index (Phi) is 5.13. The van der Waals surface area contributed by atoms with E-state index in [1.54, 1.807) is 7.11 Å². The lowest BCUT2D eigenvalue weighted by molar-refractivity contribution is -0.142. The Bertz CT molecular complexity index is 759. The SMILES string of the molecule is COc1ccc2[nH]c(CNC3CCN(C(=O)C4CCCO4)CC3)cc2c1. The van der Waals surface area contributed by atoms with Crippen LogP contribution < -0.4 is 10.1 Å². The normalized spacial score (nSPS) is 21.4. The average molecular weight is 357 g/mol. The molecule has 6 heteroatoms. The van der Waals surface area contributed by atoms with E-state index in [1.807, 2.05) is 23.1 Å². The minimum Gasteiger partial charge on any atom is -0.497 e. The Morgan fingerprint density at radius 2 is 2.15 bits per heavy atom. The van der Waals surface area contributed by atoms with Crippen molar-refractivity contribution in [2.75, 3.05) is 26.8 Å². The summed E-state index contributed by atoms with van der Waals surface area (Å²) >= 11 is 0. The van der Waals surface area contributed by atoms with Crippen molar-refractivity contribution in [2.45, 2.75) is 44.4 Å². The van der Waals surface area contributed by atoms with E-state index in [0.29, 0.717) is 6.04 Å². The van der Waals surface area contributed by atoms with Crippen LogP contribution in [0, 0.1) is 0 Å². The molecule has 1 unspecified atom stereocenters. The fraction of sp³-hybridized carbons (Fsp3) is 0.550. The summed E-state index contributed by atoms with van der Waals surface area (Å²) in [5.74, 6) is 1.06. The largest absolute Gasteiger partial charge is 0.497 e. The monoisotopic (exact) mass is 357 g/mol. The highest BCUT2D eigenvalue weighted by molar-refractivity contribution is 5.82.